The molecule has 1 atom stereocenters. The molecule has 1 fully saturated rings. The van der Waals surface area contributed by atoms with Gasteiger partial charge in [0.2, 0.25) is 0 Å². The van der Waals surface area contributed by atoms with Gasteiger partial charge in [-0.05, 0) is 38.1 Å². The second-order valence-electron chi connectivity index (χ2n) is 5.78. The summed E-state index contributed by atoms with van der Waals surface area (Å²) in [6, 6.07) is 7.27. The van der Waals surface area contributed by atoms with Crippen LogP contribution in [0.15, 0.2) is 24.3 Å². The normalized spacial score (nSPS) is 24.9. The van der Waals surface area contributed by atoms with Crippen LogP contribution in [0.5, 0.6) is 5.75 Å². The Kier molecular flexibility index (Phi) is 3.90. The van der Waals surface area contributed by atoms with Gasteiger partial charge in [0.15, 0.2) is 0 Å². The van der Waals surface area contributed by atoms with Crippen LogP contribution in [0, 0.1) is 0 Å². The fourth-order valence-electron chi connectivity index (χ4n) is 2.66. The molecule has 1 unspecified atom stereocenters. The van der Waals surface area contributed by atoms with Crippen LogP contribution in [0.2, 0.25) is 0 Å². The highest BCUT2D eigenvalue weighted by atomic mass is 16.5. The Hall–Kier alpha value is -1.75. The van der Waals surface area contributed by atoms with E-state index in [9.17, 15) is 9.90 Å². The first-order valence-electron chi connectivity index (χ1n) is 6.66. The Labute approximate surface area is 118 Å². The summed E-state index contributed by atoms with van der Waals surface area (Å²) in [5.74, 6) is -0.100. The SMILES string of the molecule is COc1ccc(NC2(C(=O)O)CCOC(C)(C)C2)cc1. The number of carbonyl (C=O) groups is 1. The van der Waals surface area contributed by atoms with Gasteiger partial charge in [0.25, 0.3) is 0 Å². The van der Waals surface area contributed by atoms with E-state index in [1.165, 1.54) is 0 Å². The summed E-state index contributed by atoms with van der Waals surface area (Å²) < 4.78 is 10.7. The summed E-state index contributed by atoms with van der Waals surface area (Å²) in [4.78, 5) is 11.7. The van der Waals surface area contributed by atoms with Crippen molar-refractivity contribution >= 4 is 11.7 Å². The van der Waals surface area contributed by atoms with E-state index < -0.39 is 17.1 Å². The van der Waals surface area contributed by atoms with Crippen molar-refractivity contribution in [3.8, 4) is 5.75 Å². The maximum Gasteiger partial charge on any atom is 0.329 e. The molecule has 5 heteroatoms. The van der Waals surface area contributed by atoms with Crippen LogP contribution in [0.1, 0.15) is 26.7 Å². The van der Waals surface area contributed by atoms with Gasteiger partial charge in [-0.3, -0.25) is 0 Å². The molecule has 5 nitrogen and oxygen atoms in total. The lowest BCUT2D eigenvalue weighted by atomic mass is 9.81. The molecule has 2 N–H and O–H groups in total. The minimum atomic E-state index is -0.990. The minimum Gasteiger partial charge on any atom is -0.497 e. The number of hydrogen-bond acceptors (Lipinski definition) is 4. The zero-order valence-electron chi connectivity index (χ0n) is 12.1. The van der Waals surface area contributed by atoms with Gasteiger partial charge in [0, 0.05) is 18.5 Å². The van der Waals surface area contributed by atoms with Crippen LogP contribution in [0.4, 0.5) is 5.69 Å². The fraction of sp³-hybridized carbons (Fsp3) is 0.533. The third-order valence-corrected chi connectivity index (χ3v) is 3.63. The van der Waals surface area contributed by atoms with Crippen molar-refractivity contribution in [1.29, 1.82) is 0 Å². The second-order valence-corrected chi connectivity index (χ2v) is 5.78. The highest BCUT2D eigenvalue weighted by molar-refractivity contribution is 5.83. The molecule has 1 aromatic rings. The monoisotopic (exact) mass is 279 g/mol. The topological polar surface area (TPSA) is 67.8 Å². The smallest absolute Gasteiger partial charge is 0.329 e. The van der Waals surface area contributed by atoms with Gasteiger partial charge in [-0.1, -0.05) is 0 Å². The zero-order valence-corrected chi connectivity index (χ0v) is 12.1. The highest BCUT2D eigenvalue weighted by Crippen LogP contribution is 2.35. The summed E-state index contributed by atoms with van der Waals surface area (Å²) in [5.41, 5.74) is -0.669. The Morgan fingerprint density at radius 3 is 2.50 bits per heavy atom. The van der Waals surface area contributed by atoms with Gasteiger partial charge in [-0.15, -0.1) is 0 Å². The Morgan fingerprint density at radius 2 is 2.00 bits per heavy atom. The van der Waals surface area contributed by atoms with E-state index in [2.05, 4.69) is 5.32 Å². The molecule has 0 aliphatic carbocycles. The lowest BCUT2D eigenvalue weighted by Crippen LogP contribution is -2.55. The van der Waals surface area contributed by atoms with Crippen LogP contribution >= 0.6 is 0 Å². The molecule has 20 heavy (non-hydrogen) atoms. The molecule has 110 valence electrons. The van der Waals surface area contributed by atoms with Crippen molar-refractivity contribution in [2.45, 2.75) is 37.8 Å². The number of rotatable bonds is 4. The quantitative estimate of drug-likeness (QED) is 0.886. The molecule has 1 saturated heterocycles. The molecular weight excluding hydrogens is 258 g/mol. The van der Waals surface area contributed by atoms with E-state index in [0.717, 1.165) is 11.4 Å². The summed E-state index contributed by atoms with van der Waals surface area (Å²) in [6.45, 7) is 4.27. The molecule has 0 radical (unpaired) electrons. The highest BCUT2D eigenvalue weighted by Gasteiger charge is 2.46. The average Bonchev–Trinajstić information content (AvgIpc) is 2.38. The molecular formula is C15H21NO4. The van der Waals surface area contributed by atoms with Gasteiger partial charge < -0.3 is 19.9 Å². The van der Waals surface area contributed by atoms with Gasteiger partial charge in [0.05, 0.1) is 19.3 Å². The zero-order chi connectivity index (χ0) is 14.8. The van der Waals surface area contributed by atoms with Crippen molar-refractivity contribution in [2.24, 2.45) is 0 Å². The second kappa shape index (κ2) is 5.32. The van der Waals surface area contributed by atoms with Gasteiger partial charge in [-0.2, -0.15) is 0 Å². The number of carboxylic acids is 1. The number of hydrogen-bond donors (Lipinski definition) is 2. The first-order chi connectivity index (χ1) is 9.37. The fourth-order valence-corrected chi connectivity index (χ4v) is 2.66. The summed E-state index contributed by atoms with van der Waals surface area (Å²) in [6.07, 6.45) is 0.860. The third-order valence-electron chi connectivity index (χ3n) is 3.63. The molecule has 0 amide bonds. The average molecular weight is 279 g/mol. The molecule has 1 aromatic carbocycles. The number of benzene rings is 1. The molecule has 0 aromatic heterocycles. The number of ether oxygens (including phenoxy) is 2. The standard InChI is InChI=1S/C15H21NO4/c1-14(2)10-15(13(17)18,8-9-20-14)16-11-4-6-12(19-3)7-5-11/h4-7,16H,8-10H2,1-3H3,(H,17,18). The number of anilines is 1. The van der Waals surface area contributed by atoms with Crippen molar-refractivity contribution in [3.63, 3.8) is 0 Å². The lowest BCUT2D eigenvalue weighted by molar-refractivity contribution is -0.152. The van der Waals surface area contributed by atoms with E-state index in [1.54, 1.807) is 7.11 Å². The van der Waals surface area contributed by atoms with Crippen molar-refractivity contribution < 1.29 is 19.4 Å². The van der Waals surface area contributed by atoms with Crippen molar-refractivity contribution in [1.82, 2.24) is 0 Å². The Balaban J connectivity index is 2.22. The minimum absolute atomic E-state index is 0.418. The molecule has 0 bridgehead atoms. The summed E-state index contributed by atoms with van der Waals surface area (Å²) in [7, 11) is 1.60. The first-order valence-corrected chi connectivity index (χ1v) is 6.66. The van der Waals surface area contributed by atoms with E-state index in [-0.39, 0.29) is 0 Å². The number of carboxylic acid groups (broad SMARTS) is 1. The maximum atomic E-state index is 11.7. The number of nitrogens with one attached hydrogen (secondary N) is 1. The predicted octanol–water partition coefficient (Wildman–Crippen LogP) is 2.52. The van der Waals surface area contributed by atoms with Crippen molar-refractivity contribution in [2.75, 3.05) is 19.0 Å². The van der Waals surface area contributed by atoms with Crippen molar-refractivity contribution in [3.05, 3.63) is 24.3 Å². The Bertz CT molecular complexity index is 483. The summed E-state index contributed by atoms with van der Waals surface area (Å²) in [5, 5.41) is 12.8. The van der Waals surface area contributed by atoms with Crippen LogP contribution in [0.25, 0.3) is 0 Å². The summed E-state index contributed by atoms with van der Waals surface area (Å²) >= 11 is 0. The van der Waals surface area contributed by atoms with Crippen LogP contribution < -0.4 is 10.1 Å². The molecule has 1 aliphatic heterocycles. The molecule has 0 spiro atoms. The Morgan fingerprint density at radius 1 is 1.35 bits per heavy atom. The first kappa shape index (κ1) is 14.7. The van der Waals surface area contributed by atoms with Crippen LogP contribution in [0.3, 0.4) is 0 Å². The maximum absolute atomic E-state index is 11.7. The van der Waals surface area contributed by atoms with Crippen LogP contribution in [-0.2, 0) is 9.53 Å². The molecule has 2 rings (SSSR count). The van der Waals surface area contributed by atoms with E-state index in [1.807, 2.05) is 38.1 Å². The van der Waals surface area contributed by atoms with Gasteiger partial charge >= 0.3 is 5.97 Å². The largest absolute Gasteiger partial charge is 0.497 e. The molecule has 1 aliphatic rings. The lowest BCUT2D eigenvalue weighted by Gasteiger charge is -2.43. The van der Waals surface area contributed by atoms with Gasteiger partial charge in [-0.25, -0.2) is 4.79 Å². The predicted molar refractivity (Wildman–Crippen MR) is 76.2 cm³/mol. The molecule has 1 heterocycles. The van der Waals surface area contributed by atoms with Crippen LogP contribution in [-0.4, -0.2) is 35.9 Å². The van der Waals surface area contributed by atoms with E-state index in [0.29, 0.717) is 19.4 Å². The van der Waals surface area contributed by atoms with E-state index in [4.69, 9.17) is 9.47 Å². The number of methoxy groups -OCH3 is 1. The third kappa shape index (κ3) is 3.04. The molecule has 0 saturated carbocycles. The van der Waals surface area contributed by atoms with Gasteiger partial charge in [0.1, 0.15) is 11.3 Å². The van der Waals surface area contributed by atoms with E-state index >= 15 is 0 Å². The number of aliphatic carboxylic acids is 1.